The quantitative estimate of drug-likeness (QED) is 0.428. The van der Waals surface area contributed by atoms with E-state index in [2.05, 4.69) is 43.0 Å². The van der Waals surface area contributed by atoms with Crippen LogP contribution in [-0.4, -0.2) is 19.5 Å². The zero-order valence-electron chi connectivity index (χ0n) is 18.1. The first-order valence-electron chi connectivity index (χ1n) is 11.2. The van der Waals surface area contributed by atoms with E-state index >= 15 is 0 Å². The predicted octanol–water partition coefficient (Wildman–Crippen LogP) is 6.49. The van der Waals surface area contributed by atoms with Gasteiger partial charge in [-0.1, -0.05) is 55.9 Å². The second-order valence-corrected chi connectivity index (χ2v) is 8.30. The monoisotopic (exact) mass is 416 g/mol. The van der Waals surface area contributed by atoms with Crippen LogP contribution in [0.5, 0.6) is 0 Å². The number of hydrogen-bond donors (Lipinski definition) is 0. The molecule has 2 nitrogen and oxygen atoms in total. The summed E-state index contributed by atoms with van der Waals surface area (Å²) < 4.78 is 25.1. The van der Waals surface area contributed by atoms with Gasteiger partial charge in [-0.15, -0.1) is 0 Å². The highest BCUT2D eigenvalue weighted by molar-refractivity contribution is 5.83. The fraction of sp³-hybridized carbons (Fsp3) is 0.357. The molecule has 0 bridgehead atoms. The SMILES string of the molecule is CCCCC1COC(CCc2ccc(C#Cc3ccc4cc(F)ccc4c3)cc2)OC1. The minimum absolute atomic E-state index is 0.0845. The molecule has 3 heteroatoms. The molecule has 0 amide bonds. The number of aryl methyl sites for hydroxylation is 1. The Kier molecular flexibility index (Phi) is 7.35. The fourth-order valence-corrected chi connectivity index (χ4v) is 3.89. The van der Waals surface area contributed by atoms with Gasteiger partial charge in [0.15, 0.2) is 6.29 Å². The normalized spacial score (nSPS) is 18.5. The average molecular weight is 417 g/mol. The summed E-state index contributed by atoms with van der Waals surface area (Å²) in [6.45, 7) is 3.86. The van der Waals surface area contributed by atoms with E-state index in [4.69, 9.17) is 9.47 Å². The molecule has 1 saturated heterocycles. The Morgan fingerprint density at radius 3 is 2.29 bits per heavy atom. The van der Waals surface area contributed by atoms with Gasteiger partial charge in [0, 0.05) is 23.5 Å². The summed E-state index contributed by atoms with van der Waals surface area (Å²) in [5.41, 5.74) is 3.16. The number of unbranched alkanes of at least 4 members (excludes halogenated alkanes) is 1. The first-order chi connectivity index (χ1) is 15.2. The third kappa shape index (κ3) is 6.17. The second-order valence-electron chi connectivity index (χ2n) is 8.30. The maximum absolute atomic E-state index is 13.3. The Balaban J connectivity index is 1.29. The van der Waals surface area contributed by atoms with E-state index in [-0.39, 0.29) is 12.1 Å². The topological polar surface area (TPSA) is 18.5 Å². The van der Waals surface area contributed by atoms with Gasteiger partial charge in [-0.25, -0.2) is 4.39 Å². The molecule has 0 spiro atoms. The van der Waals surface area contributed by atoms with Gasteiger partial charge in [-0.3, -0.25) is 0 Å². The number of fused-ring (bicyclic) bond motifs is 1. The van der Waals surface area contributed by atoms with Gasteiger partial charge < -0.3 is 9.47 Å². The van der Waals surface area contributed by atoms with Gasteiger partial charge in [-0.05, 0) is 65.6 Å². The summed E-state index contributed by atoms with van der Waals surface area (Å²) in [5, 5.41) is 1.88. The molecule has 3 aromatic rings. The first kappa shape index (κ1) is 21.6. The molecule has 1 aliphatic heterocycles. The van der Waals surface area contributed by atoms with E-state index in [1.165, 1.54) is 30.9 Å². The van der Waals surface area contributed by atoms with Crippen LogP contribution in [-0.2, 0) is 15.9 Å². The highest BCUT2D eigenvalue weighted by atomic mass is 19.1. The lowest BCUT2D eigenvalue weighted by Gasteiger charge is -2.29. The summed E-state index contributed by atoms with van der Waals surface area (Å²) in [6.07, 6.45) is 5.40. The van der Waals surface area contributed by atoms with E-state index in [0.29, 0.717) is 5.92 Å². The van der Waals surface area contributed by atoms with Crippen LogP contribution in [0.1, 0.15) is 49.3 Å². The van der Waals surface area contributed by atoms with Gasteiger partial charge >= 0.3 is 0 Å². The lowest BCUT2D eigenvalue weighted by molar-refractivity contribution is -0.203. The van der Waals surface area contributed by atoms with Crippen LogP contribution < -0.4 is 0 Å². The fourth-order valence-electron chi connectivity index (χ4n) is 3.89. The van der Waals surface area contributed by atoms with Crippen LogP contribution in [0.2, 0.25) is 0 Å². The smallest absolute Gasteiger partial charge is 0.157 e. The van der Waals surface area contributed by atoms with Crippen molar-refractivity contribution in [1.29, 1.82) is 0 Å². The average Bonchev–Trinajstić information content (AvgIpc) is 2.81. The second kappa shape index (κ2) is 10.6. The van der Waals surface area contributed by atoms with Crippen molar-refractivity contribution in [2.75, 3.05) is 13.2 Å². The molecule has 4 rings (SSSR count). The van der Waals surface area contributed by atoms with Gasteiger partial charge in [0.2, 0.25) is 0 Å². The van der Waals surface area contributed by atoms with Crippen LogP contribution in [0, 0.1) is 23.6 Å². The Labute approximate surface area is 184 Å². The van der Waals surface area contributed by atoms with Gasteiger partial charge in [0.1, 0.15) is 5.82 Å². The highest BCUT2D eigenvalue weighted by Crippen LogP contribution is 2.20. The molecule has 0 atom stereocenters. The molecule has 0 saturated carbocycles. The standard InChI is InChI=1S/C28H29FO2/c1-2-3-4-24-19-30-28(31-20-24)16-12-22-7-5-21(6-8-22)9-10-23-11-13-26-18-27(29)15-14-25(26)17-23/h5-8,11,13-15,17-18,24,28H,2-4,12,16,19-20H2,1H3. The Bertz CT molecular complexity index is 1050. The van der Waals surface area contributed by atoms with Crippen LogP contribution in [0.4, 0.5) is 4.39 Å². The van der Waals surface area contributed by atoms with Crippen molar-refractivity contribution in [3.63, 3.8) is 0 Å². The van der Waals surface area contributed by atoms with Crippen LogP contribution in [0.15, 0.2) is 60.7 Å². The summed E-state index contributed by atoms with van der Waals surface area (Å²) in [6, 6.07) is 19.0. The van der Waals surface area contributed by atoms with E-state index in [1.807, 2.05) is 18.2 Å². The van der Waals surface area contributed by atoms with Crippen LogP contribution >= 0.6 is 0 Å². The maximum atomic E-state index is 13.3. The molecule has 3 aromatic carbocycles. The Morgan fingerprint density at radius 1 is 0.839 bits per heavy atom. The van der Waals surface area contributed by atoms with Crippen molar-refractivity contribution >= 4 is 10.8 Å². The largest absolute Gasteiger partial charge is 0.352 e. The first-order valence-corrected chi connectivity index (χ1v) is 11.2. The van der Waals surface area contributed by atoms with Gasteiger partial charge in [0.05, 0.1) is 13.2 Å². The lowest BCUT2D eigenvalue weighted by atomic mass is 10.0. The molecule has 1 fully saturated rings. The Morgan fingerprint density at radius 2 is 1.52 bits per heavy atom. The molecular formula is C28H29FO2. The number of ether oxygens (including phenoxy) is 2. The lowest BCUT2D eigenvalue weighted by Crippen LogP contribution is -2.32. The number of benzene rings is 3. The molecule has 1 heterocycles. The van der Waals surface area contributed by atoms with Crippen molar-refractivity contribution in [3.8, 4) is 11.8 Å². The van der Waals surface area contributed by atoms with Crippen molar-refractivity contribution in [3.05, 3.63) is 83.2 Å². The number of halogens is 1. The Hall–Kier alpha value is -2.67. The van der Waals surface area contributed by atoms with Crippen LogP contribution in [0.25, 0.3) is 10.8 Å². The van der Waals surface area contributed by atoms with E-state index < -0.39 is 0 Å². The summed E-state index contributed by atoms with van der Waals surface area (Å²) >= 11 is 0. The van der Waals surface area contributed by atoms with Crippen molar-refractivity contribution < 1.29 is 13.9 Å². The summed E-state index contributed by atoms with van der Waals surface area (Å²) in [4.78, 5) is 0. The van der Waals surface area contributed by atoms with E-state index in [0.717, 1.165) is 48.0 Å². The summed E-state index contributed by atoms with van der Waals surface area (Å²) in [5.74, 6) is 6.76. The molecular weight excluding hydrogens is 387 g/mol. The molecule has 0 aromatic heterocycles. The van der Waals surface area contributed by atoms with Gasteiger partial charge in [-0.2, -0.15) is 0 Å². The molecule has 0 N–H and O–H groups in total. The van der Waals surface area contributed by atoms with Crippen LogP contribution in [0.3, 0.4) is 0 Å². The van der Waals surface area contributed by atoms with Crippen molar-refractivity contribution in [2.45, 2.75) is 45.3 Å². The zero-order valence-corrected chi connectivity index (χ0v) is 18.1. The molecule has 0 unspecified atom stereocenters. The number of hydrogen-bond acceptors (Lipinski definition) is 2. The third-order valence-electron chi connectivity index (χ3n) is 5.78. The van der Waals surface area contributed by atoms with Crippen molar-refractivity contribution in [1.82, 2.24) is 0 Å². The third-order valence-corrected chi connectivity index (χ3v) is 5.78. The predicted molar refractivity (Wildman–Crippen MR) is 123 cm³/mol. The highest BCUT2D eigenvalue weighted by Gasteiger charge is 2.21. The van der Waals surface area contributed by atoms with Crippen molar-refractivity contribution in [2.24, 2.45) is 5.92 Å². The molecule has 0 radical (unpaired) electrons. The molecule has 160 valence electrons. The molecule has 0 aliphatic carbocycles. The number of rotatable bonds is 6. The minimum Gasteiger partial charge on any atom is -0.352 e. The maximum Gasteiger partial charge on any atom is 0.157 e. The van der Waals surface area contributed by atoms with E-state index in [1.54, 1.807) is 12.1 Å². The minimum atomic E-state index is -0.218. The summed E-state index contributed by atoms with van der Waals surface area (Å²) in [7, 11) is 0. The van der Waals surface area contributed by atoms with Gasteiger partial charge in [0.25, 0.3) is 0 Å². The zero-order chi connectivity index (χ0) is 21.5. The van der Waals surface area contributed by atoms with E-state index in [9.17, 15) is 4.39 Å². The molecule has 1 aliphatic rings. The molecule has 31 heavy (non-hydrogen) atoms.